The molecule has 1 fully saturated rings. The Morgan fingerprint density at radius 1 is 1.65 bits per heavy atom. The highest BCUT2D eigenvalue weighted by Crippen LogP contribution is 2.23. The number of hydrogen-bond donors (Lipinski definition) is 1. The monoisotopic (exact) mass is 314 g/mol. The molecule has 1 aliphatic rings. The summed E-state index contributed by atoms with van der Waals surface area (Å²) in [6, 6.07) is 3.92. The van der Waals surface area contributed by atoms with Crippen molar-refractivity contribution in [2.45, 2.75) is 19.0 Å². The maximum atomic E-state index is 12.4. The van der Waals surface area contributed by atoms with Gasteiger partial charge in [0.25, 0.3) is 0 Å². The van der Waals surface area contributed by atoms with Gasteiger partial charge in [0, 0.05) is 30.4 Å². The van der Waals surface area contributed by atoms with Crippen LogP contribution >= 0.6 is 22.9 Å². The topological polar surface area (TPSA) is 41.6 Å². The standard InChI is InChI=1S/C14H19ClN2O2S/c1-2-6-17(9-12-3-4-13(15)20-12)14(18)8-11-10-19-7-5-16-11/h2-4,11,16H,1,5-10H2. The Labute approximate surface area is 128 Å². The highest BCUT2D eigenvalue weighted by atomic mass is 35.5. The molecule has 1 atom stereocenters. The van der Waals surface area contributed by atoms with Crippen molar-refractivity contribution in [1.82, 2.24) is 10.2 Å². The second-order valence-corrected chi connectivity index (χ2v) is 6.50. The largest absolute Gasteiger partial charge is 0.378 e. The van der Waals surface area contributed by atoms with Crippen LogP contribution in [0.25, 0.3) is 0 Å². The molecule has 0 spiro atoms. The fraction of sp³-hybridized carbons (Fsp3) is 0.500. The number of carbonyl (C=O) groups excluding carboxylic acids is 1. The number of ether oxygens (including phenoxy) is 1. The molecule has 1 aromatic heterocycles. The first kappa shape index (κ1) is 15.5. The van der Waals surface area contributed by atoms with Crippen LogP contribution in [-0.4, -0.2) is 43.2 Å². The molecule has 1 N–H and O–H groups in total. The molecule has 0 aliphatic carbocycles. The van der Waals surface area contributed by atoms with Crippen molar-refractivity contribution in [3.05, 3.63) is 34.0 Å². The van der Waals surface area contributed by atoms with E-state index >= 15 is 0 Å². The predicted molar refractivity (Wildman–Crippen MR) is 82.2 cm³/mol. The number of morpholine rings is 1. The fourth-order valence-electron chi connectivity index (χ4n) is 2.13. The number of carbonyl (C=O) groups is 1. The summed E-state index contributed by atoms with van der Waals surface area (Å²) in [7, 11) is 0. The molecule has 1 aromatic rings. The molecule has 0 radical (unpaired) electrons. The van der Waals surface area contributed by atoms with E-state index in [4.69, 9.17) is 16.3 Å². The van der Waals surface area contributed by atoms with Crippen LogP contribution in [0.3, 0.4) is 0 Å². The zero-order chi connectivity index (χ0) is 14.4. The predicted octanol–water partition coefficient (Wildman–Crippen LogP) is 2.29. The Balaban J connectivity index is 1.92. The molecule has 4 nitrogen and oxygen atoms in total. The first-order valence-corrected chi connectivity index (χ1v) is 7.82. The molecule has 1 amide bonds. The quantitative estimate of drug-likeness (QED) is 0.819. The smallest absolute Gasteiger partial charge is 0.224 e. The Morgan fingerprint density at radius 3 is 3.10 bits per heavy atom. The van der Waals surface area contributed by atoms with Gasteiger partial charge in [0.1, 0.15) is 0 Å². The maximum Gasteiger partial charge on any atom is 0.224 e. The number of thiophene rings is 1. The minimum atomic E-state index is 0.107. The van der Waals surface area contributed by atoms with Crippen LogP contribution in [0.2, 0.25) is 4.34 Å². The molecule has 1 saturated heterocycles. The summed E-state index contributed by atoms with van der Waals surface area (Å²) in [5.74, 6) is 0.109. The molecular formula is C14H19ClN2O2S. The molecule has 0 saturated carbocycles. The molecular weight excluding hydrogens is 296 g/mol. The van der Waals surface area contributed by atoms with Crippen LogP contribution in [0.5, 0.6) is 0 Å². The normalized spacial score (nSPS) is 18.8. The molecule has 110 valence electrons. The van der Waals surface area contributed by atoms with Crippen molar-refractivity contribution < 1.29 is 9.53 Å². The summed E-state index contributed by atoms with van der Waals surface area (Å²) >= 11 is 7.43. The zero-order valence-electron chi connectivity index (χ0n) is 11.3. The van der Waals surface area contributed by atoms with Crippen LogP contribution in [0, 0.1) is 0 Å². The molecule has 6 heteroatoms. The SMILES string of the molecule is C=CCN(Cc1ccc(Cl)s1)C(=O)CC1COCCN1. The van der Waals surface area contributed by atoms with Gasteiger partial charge in [0.2, 0.25) is 5.91 Å². The van der Waals surface area contributed by atoms with Crippen molar-refractivity contribution in [2.75, 3.05) is 26.3 Å². The molecule has 1 unspecified atom stereocenters. The lowest BCUT2D eigenvalue weighted by Crippen LogP contribution is -2.45. The summed E-state index contributed by atoms with van der Waals surface area (Å²) in [5.41, 5.74) is 0. The Kier molecular flexibility index (Phi) is 6.04. The lowest BCUT2D eigenvalue weighted by atomic mass is 10.1. The number of hydrogen-bond acceptors (Lipinski definition) is 4. The van der Waals surface area contributed by atoms with Crippen LogP contribution in [-0.2, 0) is 16.1 Å². The van der Waals surface area contributed by atoms with E-state index in [9.17, 15) is 4.79 Å². The number of nitrogens with one attached hydrogen (secondary N) is 1. The Hall–Kier alpha value is -0.880. The molecule has 20 heavy (non-hydrogen) atoms. The van der Waals surface area contributed by atoms with E-state index < -0.39 is 0 Å². The highest BCUT2D eigenvalue weighted by Gasteiger charge is 2.21. The first-order chi connectivity index (χ1) is 9.69. The van der Waals surface area contributed by atoms with Gasteiger partial charge in [-0.3, -0.25) is 4.79 Å². The summed E-state index contributed by atoms with van der Waals surface area (Å²) in [5, 5.41) is 3.30. The molecule has 2 rings (SSSR count). The summed E-state index contributed by atoms with van der Waals surface area (Å²) < 4.78 is 6.12. The van der Waals surface area contributed by atoms with Gasteiger partial charge < -0.3 is 15.0 Å². The number of nitrogens with zero attached hydrogens (tertiary/aromatic N) is 1. The average Bonchev–Trinajstić information content (AvgIpc) is 2.85. The molecule has 1 aliphatic heterocycles. The van der Waals surface area contributed by atoms with Crippen molar-refractivity contribution in [2.24, 2.45) is 0 Å². The van der Waals surface area contributed by atoms with Gasteiger partial charge in [-0.25, -0.2) is 0 Å². The third-order valence-electron chi connectivity index (χ3n) is 3.10. The Morgan fingerprint density at radius 2 is 2.50 bits per heavy atom. The van der Waals surface area contributed by atoms with E-state index in [-0.39, 0.29) is 11.9 Å². The van der Waals surface area contributed by atoms with Gasteiger partial charge in [-0.2, -0.15) is 0 Å². The van der Waals surface area contributed by atoms with E-state index in [2.05, 4.69) is 11.9 Å². The number of rotatable bonds is 6. The van der Waals surface area contributed by atoms with Crippen LogP contribution in [0.1, 0.15) is 11.3 Å². The summed E-state index contributed by atoms with van der Waals surface area (Å²) in [4.78, 5) is 15.2. The van der Waals surface area contributed by atoms with Crippen molar-refractivity contribution in [3.63, 3.8) is 0 Å². The van der Waals surface area contributed by atoms with Gasteiger partial charge in [-0.1, -0.05) is 17.7 Å². The second kappa shape index (κ2) is 7.78. The van der Waals surface area contributed by atoms with Crippen molar-refractivity contribution in [1.29, 1.82) is 0 Å². The van der Waals surface area contributed by atoms with Crippen LogP contribution in [0.4, 0.5) is 0 Å². The molecule has 0 bridgehead atoms. The van der Waals surface area contributed by atoms with Crippen molar-refractivity contribution >= 4 is 28.8 Å². The number of amides is 1. The minimum absolute atomic E-state index is 0.107. The van der Waals surface area contributed by atoms with Gasteiger partial charge in [-0.15, -0.1) is 17.9 Å². The summed E-state index contributed by atoms with van der Waals surface area (Å²) in [6.45, 7) is 6.96. The Bertz CT molecular complexity index is 458. The van der Waals surface area contributed by atoms with E-state index in [0.717, 1.165) is 22.4 Å². The van der Waals surface area contributed by atoms with E-state index in [1.807, 2.05) is 12.1 Å². The maximum absolute atomic E-state index is 12.4. The molecule has 2 heterocycles. The van der Waals surface area contributed by atoms with Crippen LogP contribution in [0.15, 0.2) is 24.8 Å². The first-order valence-electron chi connectivity index (χ1n) is 6.63. The highest BCUT2D eigenvalue weighted by molar-refractivity contribution is 7.16. The van der Waals surface area contributed by atoms with Gasteiger partial charge in [-0.05, 0) is 12.1 Å². The average molecular weight is 315 g/mol. The minimum Gasteiger partial charge on any atom is -0.378 e. The third kappa shape index (κ3) is 4.59. The second-order valence-electron chi connectivity index (χ2n) is 4.70. The van der Waals surface area contributed by atoms with E-state index in [1.165, 1.54) is 11.3 Å². The fourth-order valence-corrected chi connectivity index (χ4v) is 3.23. The molecule has 0 aromatic carbocycles. The van der Waals surface area contributed by atoms with Crippen molar-refractivity contribution in [3.8, 4) is 0 Å². The van der Waals surface area contributed by atoms with E-state index in [1.54, 1.807) is 11.0 Å². The number of halogens is 1. The van der Waals surface area contributed by atoms with E-state index in [0.29, 0.717) is 26.1 Å². The summed E-state index contributed by atoms with van der Waals surface area (Å²) in [6.07, 6.45) is 2.20. The van der Waals surface area contributed by atoms with Crippen LogP contribution < -0.4 is 5.32 Å². The van der Waals surface area contributed by atoms with Gasteiger partial charge >= 0.3 is 0 Å². The van der Waals surface area contributed by atoms with Gasteiger partial charge in [0.05, 0.1) is 24.1 Å². The lowest BCUT2D eigenvalue weighted by Gasteiger charge is -2.27. The van der Waals surface area contributed by atoms with Gasteiger partial charge in [0.15, 0.2) is 0 Å². The zero-order valence-corrected chi connectivity index (χ0v) is 12.9. The third-order valence-corrected chi connectivity index (χ3v) is 4.31. The lowest BCUT2D eigenvalue weighted by molar-refractivity contribution is -0.132.